The molecule has 0 radical (unpaired) electrons. The summed E-state index contributed by atoms with van der Waals surface area (Å²) >= 11 is 0. The van der Waals surface area contributed by atoms with Crippen LogP contribution in [0.4, 0.5) is 4.39 Å². The highest BCUT2D eigenvalue weighted by atomic mass is 19.1. The van der Waals surface area contributed by atoms with Gasteiger partial charge in [-0.2, -0.15) is 0 Å². The molecule has 0 spiro atoms. The molecule has 0 heterocycles. The van der Waals surface area contributed by atoms with Gasteiger partial charge in [0.25, 0.3) is 0 Å². The zero-order valence-electron chi connectivity index (χ0n) is 10.9. The lowest BCUT2D eigenvalue weighted by atomic mass is 9.71. The normalized spacial score (nSPS) is 28.4. The molecule has 19 heavy (non-hydrogen) atoms. The fraction of sp³-hybridized carbons (Fsp3) is 0.333. The quantitative estimate of drug-likeness (QED) is 0.613. The molecule has 1 fully saturated rings. The van der Waals surface area contributed by atoms with Crippen molar-refractivity contribution in [2.45, 2.75) is 37.8 Å². The molecule has 3 aliphatic carbocycles. The van der Waals surface area contributed by atoms with E-state index in [-0.39, 0.29) is 0 Å². The Morgan fingerprint density at radius 1 is 1.11 bits per heavy atom. The van der Waals surface area contributed by atoms with Gasteiger partial charge in [0.2, 0.25) is 0 Å². The molecule has 2 unspecified atom stereocenters. The average Bonchev–Trinajstić information content (AvgIpc) is 2.47. The molecule has 96 valence electrons. The Morgan fingerprint density at radius 2 is 2.00 bits per heavy atom. The van der Waals surface area contributed by atoms with Crippen LogP contribution in [0.25, 0.3) is 6.08 Å². The molecule has 0 saturated heterocycles. The van der Waals surface area contributed by atoms with Crippen molar-refractivity contribution in [3.05, 3.63) is 64.3 Å². The standard InChI is InChI=1S/C18H17F/c19-18-7-3-6-14-16-9-8-12-4-1-2-5-13(12)15(16)10-11-17(14)18/h1-2,4-5,8-9,11,15,18H,3,6-7,10H2. The maximum atomic E-state index is 14.0. The maximum Gasteiger partial charge on any atom is 0.125 e. The van der Waals surface area contributed by atoms with E-state index in [1.54, 1.807) is 0 Å². The van der Waals surface area contributed by atoms with Crippen molar-refractivity contribution in [2.75, 3.05) is 0 Å². The van der Waals surface area contributed by atoms with E-state index in [0.29, 0.717) is 12.3 Å². The number of allylic oxidation sites excluding steroid dienone is 5. The topological polar surface area (TPSA) is 0 Å². The Morgan fingerprint density at radius 3 is 2.95 bits per heavy atom. The largest absolute Gasteiger partial charge is 0.242 e. The third kappa shape index (κ3) is 1.64. The van der Waals surface area contributed by atoms with Crippen molar-refractivity contribution in [1.29, 1.82) is 0 Å². The van der Waals surface area contributed by atoms with Gasteiger partial charge in [-0.05, 0) is 53.5 Å². The molecular weight excluding hydrogens is 235 g/mol. The molecule has 0 aliphatic heterocycles. The van der Waals surface area contributed by atoms with Crippen LogP contribution in [0, 0.1) is 0 Å². The molecule has 1 heteroatoms. The van der Waals surface area contributed by atoms with Crippen molar-refractivity contribution >= 4 is 6.08 Å². The third-order valence-electron chi connectivity index (χ3n) is 4.68. The molecule has 2 atom stereocenters. The summed E-state index contributed by atoms with van der Waals surface area (Å²) in [6, 6.07) is 8.59. The Kier molecular flexibility index (Phi) is 2.48. The van der Waals surface area contributed by atoms with Gasteiger partial charge in [-0.15, -0.1) is 0 Å². The number of benzene rings is 1. The van der Waals surface area contributed by atoms with E-state index < -0.39 is 6.17 Å². The summed E-state index contributed by atoms with van der Waals surface area (Å²) in [5, 5.41) is 0. The Labute approximate surface area is 113 Å². The Hall–Kier alpha value is -1.63. The van der Waals surface area contributed by atoms with Gasteiger partial charge in [-0.25, -0.2) is 4.39 Å². The first-order valence-electron chi connectivity index (χ1n) is 7.19. The van der Waals surface area contributed by atoms with Gasteiger partial charge < -0.3 is 0 Å². The zero-order chi connectivity index (χ0) is 12.8. The van der Waals surface area contributed by atoms with Gasteiger partial charge in [-0.3, -0.25) is 0 Å². The number of fused-ring (bicyclic) bond motifs is 4. The summed E-state index contributed by atoms with van der Waals surface area (Å²) < 4.78 is 14.0. The monoisotopic (exact) mass is 252 g/mol. The molecule has 0 amide bonds. The lowest BCUT2D eigenvalue weighted by Gasteiger charge is -2.34. The number of halogens is 1. The highest BCUT2D eigenvalue weighted by Crippen LogP contribution is 2.46. The summed E-state index contributed by atoms with van der Waals surface area (Å²) in [6.45, 7) is 0. The SMILES string of the molecule is FC1CCCC2=C3C=Cc4ccccc4C3CC=C21. The minimum Gasteiger partial charge on any atom is -0.242 e. The molecule has 1 aromatic carbocycles. The lowest BCUT2D eigenvalue weighted by Crippen LogP contribution is -2.21. The van der Waals surface area contributed by atoms with Crippen LogP contribution in [0.15, 0.2) is 53.1 Å². The molecular formula is C18H17F. The second kappa shape index (κ2) is 4.19. The van der Waals surface area contributed by atoms with E-state index >= 15 is 0 Å². The van der Waals surface area contributed by atoms with Crippen LogP contribution in [0.5, 0.6) is 0 Å². The van der Waals surface area contributed by atoms with E-state index in [1.165, 1.54) is 22.3 Å². The number of rotatable bonds is 0. The summed E-state index contributed by atoms with van der Waals surface area (Å²) in [4.78, 5) is 0. The van der Waals surface area contributed by atoms with Gasteiger partial charge in [-0.1, -0.05) is 42.5 Å². The molecule has 0 N–H and O–H groups in total. The molecule has 1 aromatic rings. The molecule has 0 nitrogen and oxygen atoms in total. The Bertz CT molecular complexity index is 618. The molecule has 1 saturated carbocycles. The first-order chi connectivity index (χ1) is 9.34. The predicted molar refractivity (Wildman–Crippen MR) is 76.7 cm³/mol. The smallest absolute Gasteiger partial charge is 0.125 e. The summed E-state index contributed by atoms with van der Waals surface area (Å²) in [5.41, 5.74) is 6.38. The van der Waals surface area contributed by atoms with Crippen LogP contribution in [0.3, 0.4) is 0 Å². The van der Waals surface area contributed by atoms with Crippen LogP contribution in [0.2, 0.25) is 0 Å². The number of hydrogen-bond acceptors (Lipinski definition) is 0. The summed E-state index contributed by atoms with van der Waals surface area (Å²) in [5.74, 6) is 0.449. The lowest BCUT2D eigenvalue weighted by molar-refractivity contribution is 0.335. The zero-order valence-corrected chi connectivity index (χ0v) is 10.9. The van der Waals surface area contributed by atoms with Gasteiger partial charge in [0, 0.05) is 5.92 Å². The van der Waals surface area contributed by atoms with Gasteiger partial charge in [0.1, 0.15) is 6.17 Å². The minimum atomic E-state index is -0.734. The first-order valence-corrected chi connectivity index (χ1v) is 7.19. The van der Waals surface area contributed by atoms with Gasteiger partial charge in [0.15, 0.2) is 0 Å². The van der Waals surface area contributed by atoms with Crippen LogP contribution in [-0.2, 0) is 0 Å². The van der Waals surface area contributed by atoms with E-state index in [9.17, 15) is 4.39 Å². The van der Waals surface area contributed by atoms with Gasteiger partial charge >= 0.3 is 0 Å². The Balaban J connectivity index is 1.86. The van der Waals surface area contributed by atoms with E-state index in [0.717, 1.165) is 24.8 Å². The fourth-order valence-electron chi connectivity index (χ4n) is 3.76. The first kappa shape index (κ1) is 11.2. The maximum absolute atomic E-state index is 14.0. The second-order valence-corrected chi connectivity index (χ2v) is 5.70. The van der Waals surface area contributed by atoms with Crippen molar-refractivity contribution in [1.82, 2.24) is 0 Å². The molecule has 4 rings (SSSR count). The fourth-order valence-corrected chi connectivity index (χ4v) is 3.76. The number of alkyl halides is 1. The van der Waals surface area contributed by atoms with Gasteiger partial charge in [0.05, 0.1) is 0 Å². The average molecular weight is 252 g/mol. The second-order valence-electron chi connectivity index (χ2n) is 5.70. The van der Waals surface area contributed by atoms with E-state index in [1.807, 2.05) is 0 Å². The van der Waals surface area contributed by atoms with Crippen LogP contribution in [0.1, 0.15) is 42.7 Å². The summed E-state index contributed by atoms with van der Waals surface area (Å²) in [6.07, 6.45) is 9.53. The van der Waals surface area contributed by atoms with Crippen molar-refractivity contribution in [3.63, 3.8) is 0 Å². The molecule has 0 bridgehead atoms. The molecule has 0 aromatic heterocycles. The van der Waals surface area contributed by atoms with Crippen LogP contribution in [-0.4, -0.2) is 6.17 Å². The van der Waals surface area contributed by atoms with E-state index in [2.05, 4.69) is 42.5 Å². The minimum absolute atomic E-state index is 0.449. The predicted octanol–water partition coefficient (Wildman–Crippen LogP) is 4.95. The summed E-state index contributed by atoms with van der Waals surface area (Å²) in [7, 11) is 0. The highest BCUT2D eigenvalue weighted by molar-refractivity contribution is 5.67. The van der Waals surface area contributed by atoms with Crippen LogP contribution < -0.4 is 0 Å². The third-order valence-corrected chi connectivity index (χ3v) is 4.68. The van der Waals surface area contributed by atoms with Crippen molar-refractivity contribution in [3.8, 4) is 0 Å². The van der Waals surface area contributed by atoms with Crippen molar-refractivity contribution in [2.24, 2.45) is 0 Å². The van der Waals surface area contributed by atoms with E-state index in [4.69, 9.17) is 0 Å². The molecule has 3 aliphatic rings. The highest BCUT2D eigenvalue weighted by Gasteiger charge is 2.32. The van der Waals surface area contributed by atoms with Crippen molar-refractivity contribution < 1.29 is 4.39 Å². The van der Waals surface area contributed by atoms with Crippen LogP contribution >= 0.6 is 0 Å². The number of hydrogen-bond donors (Lipinski definition) is 0.